The predicted octanol–water partition coefficient (Wildman–Crippen LogP) is 1.46. The Morgan fingerprint density at radius 2 is 2.04 bits per heavy atom. The average molecular weight is 311 g/mol. The summed E-state index contributed by atoms with van der Waals surface area (Å²) in [5.74, 6) is -0.313. The number of rotatable bonds is 3. The molecular weight excluding hydrogens is 294 g/mol. The summed E-state index contributed by atoms with van der Waals surface area (Å²) in [7, 11) is 0. The van der Waals surface area contributed by atoms with Gasteiger partial charge >= 0.3 is 0 Å². The van der Waals surface area contributed by atoms with Crippen molar-refractivity contribution in [3.63, 3.8) is 0 Å². The second kappa shape index (κ2) is 6.16. The molecule has 0 unspecified atom stereocenters. The van der Waals surface area contributed by atoms with Gasteiger partial charge in [0.2, 0.25) is 0 Å². The van der Waals surface area contributed by atoms with E-state index in [1.807, 2.05) is 6.92 Å². The number of nitrogens with zero attached hydrogens (tertiary/aromatic N) is 1. The van der Waals surface area contributed by atoms with Gasteiger partial charge in [-0.3, -0.25) is 19.4 Å². The molecule has 3 rings (SSSR count). The van der Waals surface area contributed by atoms with Gasteiger partial charge in [-0.05, 0) is 36.1 Å². The van der Waals surface area contributed by atoms with Gasteiger partial charge in [0, 0.05) is 36.6 Å². The molecule has 0 fully saturated rings. The van der Waals surface area contributed by atoms with Crippen molar-refractivity contribution in [3.8, 4) is 0 Å². The van der Waals surface area contributed by atoms with Crippen LogP contribution in [0.15, 0.2) is 35.4 Å². The van der Waals surface area contributed by atoms with Crippen LogP contribution in [0, 0.1) is 5.92 Å². The van der Waals surface area contributed by atoms with Gasteiger partial charge in [0.15, 0.2) is 5.78 Å². The Morgan fingerprint density at radius 1 is 1.30 bits per heavy atom. The van der Waals surface area contributed by atoms with Gasteiger partial charge in [0.1, 0.15) is 5.56 Å². The number of fused-ring (bicyclic) bond motifs is 1. The minimum atomic E-state index is -0.489. The number of hydrogen-bond donors (Lipinski definition) is 2. The molecule has 0 saturated carbocycles. The molecule has 2 aromatic heterocycles. The highest BCUT2D eigenvalue weighted by Crippen LogP contribution is 2.23. The third kappa shape index (κ3) is 3.21. The molecule has 0 spiro atoms. The van der Waals surface area contributed by atoms with E-state index in [-0.39, 0.29) is 17.3 Å². The van der Waals surface area contributed by atoms with Crippen LogP contribution in [0.3, 0.4) is 0 Å². The molecule has 1 atom stereocenters. The fourth-order valence-electron chi connectivity index (χ4n) is 2.77. The van der Waals surface area contributed by atoms with Crippen molar-refractivity contribution in [3.05, 3.63) is 63.3 Å². The average Bonchev–Trinajstić information content (AvgIpc) is 2.53. The smallest absolute Gasteiger partial charge is 0.261 e. The molecule has 1 aliphatic carbocycles. The second-order valence-electron chi connectivity index (χ2n) is 5.88. The van der Waals surface area contributed by atoms with E-state index >= 15 is 0 Å². The lowest BCUT2D eigenvalue weighted by Gasteiger charge is -2.20. The van der Waals surface area contributed by atoms with Crippen molar-refractivity contribution >= 4 is 11.7 Å². The number of nitrogens with one attached hydrogen (secondary N) is 2. The third-order valence-electron chi connectivity index (χ3n) is 3.96. The van der Waals surface area contributed by atoms with E-state index in [4.69, 9.17) is 0 Å². The van der Waals surface area contributed by atoms with Crippen molar-refractivity contribution < 1.29 is 9.59 Å². The molecule has 2 N–H and O–H groups in total. The number of pyridine rings is 2. The third-order valence-corrected chi connectivity index (χ3v) is 3.96. The molecular formula is C17H17N3O3. The summed E-state index contributed by atoms with van der Waals surface area (Å²) >= 11 is 0. The molecule has 2 heterocycles. The number of Topliss-reactive ketones (excluding diaryl/α,β-unsaturated/α-hetero) is 1. The van der Waals surface area contributed by atoms with E-state index in [1.54, 1.807) is 24.5 Å². The molecule has 0 aliphatic heterocycles. The highest BCUT2D eigenvalue weighted by molar-refractivity contribution is 6.01. The first-order valence-corrected chi connectivity index (χ1v) is 7.51. The number of H-pyrrole nitrogens is 1. The zero-order valence-electron chi connectivity index (χ0n) is 12.8. The Bertz CT molecular complexity index is 812. The van der Waals surface area contributed by atoms with Crippen LogP contribution in [0.5, 0.6) is 0 Å². The van der Waals surface area contributed by atoms with Crippen LogP contribution >= 0.6 is 0 Å². The van der Waals surface area contributed by atoms with E-state index in [0.29, 0.717) is 30.6 Å². The number of ketones is 1. The first-order valence-electron chi connectivity index (χ1n) is 7.51. The van der Waals surface area contributed by atoms with E-state index in [1.165, 1.54) is 6.07 Å². The van der Waals surface area contributed by atoms with E-state index < -0.39 is 11.5 Å². The van der Waals surface area contributed by atoms with Crippen LogP contribution in [0.4, 0.5) is 0 Å². The van der Waals surface area contributed by atoms with Crippen LogP contribution in [0.1, 0.15) is 45.3 Å². The van der Waals surface area contributed by atoms with Gasteiger partial charge in [0.05, 0.1) is 0 Å². The molecule has 6 heteroatoms. The molecule has 1 aliphatic rings. The number of hydrogen-bond acceptors (Lipinski definition) is 4. The quantitative estimate of drug-likeness (QED) is 0.897. The summed E-state index contributed by atoms with van der Waals surface area (Å²) in [6, 6.07) is 4.98. The Kier molecular flexibility index (Phi) is 4.06. The topological polar surface area (TPSA) is 91.9 Å². The van der Waals surface area contributed by atoms with Gasteiger partial charge in [-0.1, -0.05) is 6.92 Å². The molecule has 2 aromatic rings. The van der Waals surface area contributed by atoms with Crippen LogP contribution in [-0.4, -0.2) is 21.7 Å². The maximum atomic E-state index is 12.2. The number of aromatic nitrogens is 2. The fourth-order valence-corrected chi connectivity index (χ4v) is 2.77. The number of amides is 1. The minimum Gasteiger partial charge on any atom is -0.348 e. The molecule has 0 saturated heterocycles. The highest BCUT2D eigenvalue weighted by atomic mass is 16.2. The molecule has 6 nitrogen and oxygen atoms in total. The van der Waals surface area contributed by atoms with Gasteiger partial charge in [-0.25, -0.2) is 0 Å². The van der Waals surface area contributed by atoms with E-state index in [0.717, 1.165) is 5.56 Å². The molecule has 0 aromatic carbocycles. The SMILES string of the molecule is C[C@@H]1CC(=O)c2cc(C(=O)NCc3ccncc3)c(=O)[nH]c2C1. The molecule has 0 bridgehead atoms. The first kappa shape index (κ1) is 15.1. The van der Waals surface area contributed by atoms with Gasteiger partial charge < -0.3 is 10.3 Å². The lowest BCUT2D eigenvalue weighted by atomic mass is 9.86. The van der Waals surface area contributed by atoms with Crippen LogP contribution in [0.25, 0.3) is 0 Å². The summed E-state index contributed by atoms with van der Waals surface area (Å²) in [4.78, 5) is 43.0. The zero-order chi connectivity index (χ0) is 16.4. The molecule has 23 heavy (non-hydrogen) atoms. The van der Waals surface area contributed by atoms with Crippen molar-refractivity contribution in [1.29, 1.82) is 0 Å². The zero-order valence-corrected chi connectivity index (χ0v) is 12.8. The van der Waals surface area contributed by atoms with Gasteiger partial charge in [-0.2, -0.15) is 0 Å². The van der Waals surface area contributed by atoms with E-state index in [2.05, 4.69) is 15.3 Å². The second-order valence-corrected chi connectivity index (χ2v) is 5.88. The maximum Gasteiger partial charge on any atom is 0.261 e. The summed E-state index contributed by atoms with van der Waals surface area (Å²) in [6.07, 6.45) is 4.35. The number of carbonyl (C=O) groups excluding carboxylic acids is 2. The summed E-state index contributed by atoms with van der Waals surface area (Å²) < 4.78 is 0. The van der Waals surface area contributed by atoms with Crippen molar-refractivity contribution in [2.75, 3.05) is 0 Å². The molecule has 1 amide bonds. The number of carbonyl (C=O) groups is 2. The van der Waals surface area contributed by atoms with Crippen LogP contribution in [0.2, 0.25) is 0 Å². The van der Waals surface area contributed by atoms with Gasteiger partial charge in [-0.15, -0.1) is 0 Å². The van der Waals surface area contributed by atoms with Crippen molar-refractivity contribution in [1.82, 2.24) is 15.3 Å². The molecule has 0 radical (unpaired) electrons. The van der Waals surface area contributed by atoms with Gasteiger partial charge in [0.25, 0.3) is 11.5 Å². The summed E-state index contributed by atoms with van der Waals surface area (Å²) in [5, 5.41) is 2.69. The van der Waals surface area contributed by atoms with E-state index in [9.17, 15) is 14.4 Å². The lowest BCUT2D eigenvalue weighted by molar-refractivity contribution is 0.0949. The normalized spacial score (nSPS) is 16.7. The van der Waals surface area contributed by atoms with Crippen molar-refractivity contribution in [2.24, 2.45) is 5.92 Å². The Labute approximate surface area is 133 Å². The van der Waals surface area contributed by atoms with Crippen LogP contribution in [-0.2, 0) is 13.0 Å². The largest absolute Gasteiger partial charge is 0.348 e. The summed E-state index contributed by atoms with van der Waals surface area (Å²) in [6.45, 7) is 2.26. The monoisotopic (exact) mass is 311 g/mol. The predicted molar refractivity (Wildman–Crippen MR) is 84.3 cm³/mol. The fraction of sp³-hybridized carbons (Fsp3) is 0.294. The Hall–Kier alpha value is -2.76. The highest BCUT2D eigenvalue weighted by Gasteiger charge is 2.25. The maximum absolute atomic E-state index is 12.2. The first-order chi connectivity index (χ1) is 11.0. The minimum absolute atomic E-state index is 0.0271. The molecule has 118 valence electrons. The standard InChI is InChI=1S/C17H17N3O3/c1-10-6-14-12(15(21)7-10)8-13(17(23)20-14)16(22)19-9-11-2-4-18-5-3-11/h2-5,8,10H,6-7,9H2,1H3,(H,19,22)(H,20,23)/t10-/m0/s1. The van der Waals surface area contributed by atoms with Crippen LogP contribution < -0.4 is 10.9 Å². The number of aromatic amines is 1. The summed E-state index contributed by atoms with van der Waals surface area (Å²) in [5.41, 5.74) is 1.48. The lowest BCUT2D eigenvalue weighted by Crippen LogP contribution is -2.32. The van der Waals surface area contributed by atoms with Crippen molar-refractivity contribution in [2.45, 2.75) is 26.3 Å². The Balaban J connectivity index is 1.83. The Morgan fingerprint density at radius 3 is 2.78 bits per heavy atom.